The number of carbonyl (C=O) groups is 3. The van der Waals surface area contributed by atoms with E-state index in [2.05, 4.69) is 11.9 Å². The number of carbonyl (C=O) groups excluding carboxylic acids is 1. The van der Waals surface area contributed by atoms with Crippen molar-refractivity contribution in [2.45, 2.75) is 0 Å². The van der Waals surface area contributed by atoms with Crippen molar-refractivity contribution in [3.8, 4) is 0 Å². The molecule has 0 aliphatic heterocycles. The summed E-state index contributed by atoms with van der Waals surface area (Å²) >= 11 is 0. The summed E-state index contributed by atoms with van der Waals surface area (Å²) < 4.78 is 0. The summed E-state index contributed by atoms with van der Waals surface area (Å²) in [6.07, 6.45) is 0. The number of hydrogen-bond acceptors (Lipinski definition) is 6. The normalized spacial score (nSPS) is 10.6. The van der Waals surface area contributed by atoms with Crippen LogP contribution in [0.15, 0.2) is 12.3 Å². The fraction of sp³-hybridized carbons (Fsp3) is 0.583. The van der Waals surface area contributed by atoms with E-state index >= 15 is 0 Å². The topological polar surface area (TPSA) is 130 Å². The molecule has 0 aliphatic carbocycles. The van der Waals surface area contributed by atoms with E-state index in [4.69, 9.17) is 15.3 Å². The minimum Gasteiger partial charge on any atom is -0.512 e. The Balaban J connectivity index is 4.56. The summed E-state index contributed by atoms with van der Waals surface area (Å²) in [4.78, 5) is 35.5. The van der Waals surface area contributed by atoms with E-state index in [1.165, 1.54) is 16.8 Å². The number of likely N-dealkylation sites (N-methyl/N-ethyl adjacent to an activating group) is 1. The SMILES string of the molecule is C=C(O)CN(CCN(CC(=O)O)CC(=O)NC)CC(=O)O. The number of aliphatic hydroxyl groups is 1. The van der Waals surface area contributed by atoms with Crippen LogP contribution in [0.25, 0.3) is 0 Å². The molecule has 0 bridgehead atoms. The van der Waals surface area contributed by atoms with Crippen LogP contribution in [-0.2, 0) is 14.4 Å². The Hall–Kier alpha value is -2.13. The molecule has 120 valence electrons. The lowest BCUT2D eigenvalue weighted by atomic mass is 10.3. The van der Waals surface area contributed by atoms with Gasteiger partial charge >= 0.3 is 11.9 Å². The lowest BCUT2D eigenvalue weighted by molar-refractivity contribution is -0.140. The summed E-state index contributed by atoms with van der Waals surface area (Å²) in [5.74, 6) is -2.69. The third kappa shape index (κ3) is 10.3. The van der Waals surface area contributed by atoms with Crippen LogP contribution in [0.5, 0.6) is 0 Å². The average molecular weight is 303 g/mol. The number of rotatable bonds is 11. The Morgan fingerprint density at radius 2 is 1.33 bits per heavy atom. The first kappa shape index (κ1) is 18.9. The van der Waals surface area contributed by atoms with Crippen molar-refractivity contribution >= 4 is 17.8 Å². The van der Waals surface area contributed by atoms with Crippen LogP contribution in [0.3, 0.4) is 0 Å². The van der Waals surface area contributed by atoms with Crippen LogP contribution in [0.1, 0.15) is 0 Å². The number of aliphatic hydroxyl groups excluding tert-OH is 1. The summed E-state index contributed by atoms with van der Waals surface area (Å²) in [6.45, 7) is 2.83. The Kier molecular flexibility index (Phi) is 8.74. The molecule has 0 aromatic rings. The molecule has 0 radical (unpaired) electrons. The van der Waals surface area contributed by atoms with Crippen LogP contribution < -0.4 is 5.32 Å². The lowest BCUT2D eigenvalue weighted by Gasteiger charge is -2.24. The molecule has 0 saturated carbocycles. The van der Waals surface area contributed by atoms with Gasteiger partial charge in [0, 0.05) is 20.1 Å². The van der Waals surface area contributed by atoms with E-state index in [-0.39, 0.29) is 50.9 Å². The first-order chi connectivity index (χ1) is 9.74. The van der Waals surface area contributed by atoms with E-state index in [1.807, 2.05) is 0 Å². The van der Waals surface area contributed by atoms with Crippen LogP contribution in [-0.4, -0.2) is 89.3 Å². The van der Waals surface area contributed by atoms with Crippen molar-refractivity contribution in [3.63, 3.8) is 0 Å². The van der Waals surface area contributed by atoms with Gasteiger partial charge in [-0.1, -0.05) is 6.58 Å². The Bertz CT molecular complexity index is 382. The van der Waals surface area contributed by atoms with Crippen LogP contribution in [0, 0.1) is 0 Å². The van der Waals surface area contributed by atoms with Gasteiger partial charge in [-0.15, -0.1) is 0 Å². The van der Waals surface area contributed by atoms with Gasteiger partial charge in [-0.2, -0.15) is 0 Å². The van der Waals surface area contributed by atoms with Gasteiger partial charge in [-0.25, -0.2) is 0 Å². The highest BCUT2D eigenvalue weighted by Gasteiger charge is 2.16. The van der Waals surface area contributed by atoms with Gasteiger partial charge < -0.3 is 20.6 Å². The summed E-state index contributed by atoms with van der Waals surface area (Å²) in [5, 5.41) is 29.1. The molecule has 0 rings (SSSR count). The van der Waals surface area contributed by atoms with Gasteiger partial charge in [-0.3, -0.25) is 24.2 Å². The smallest absolute Gasteiger partial charge is 0.317 e. The van der Waals surface area contributed by atoms with Gasteiger partial charge in [0.25, 0.3) is 0 Å². The highest BCUT2D eigenvalue weighted by molar-refractivity contribution is 5.78. The average Bonchev–Trinajstić information content (AvgIpc) is 2.33. The molecule has 0 aromatic carbocycles. The third-order valence-corrected chi connectivity index (χ3v) is 2.50. The second kappa shape index (κ2) is 9.72. The Morgan fingerprint density at radius 3 is 1.67 bits per heavy atom. The predicted molar refractivity (Wildman–Crippen MR) is 74.0 cm³/mol. The zero-order valence-electron chi connectivity index (χ0n) is 11.9. The van der Waals surface area contributed by atoms with Crippen molar-refractivity contribution in [1.29, 1.82) is 0 Å². The zero-order chi connectivity index (χ0) is 16.4. The van der Waals surface area contributed by atoms with E-state index in [0.717, 1.165) is 0 Å². The van der Waals surface area contributed by atoms with E-state index in [9.17, 15) is 14.4 Å². The highest BCUT2D eigenvalue weighted by Crippen LogP contribution is 1.97. The molecule has 0 aliphatic rings. The lowest BCUT2D eigenvalue weighted by Crippen LogP contribution is -2.44. The maximum atomic E-state index is 11.3. The van der Waals surface area contributed by atoms with Crippen LogP contribution in [0.4, 0.5) is 0 Å². The molecule has 9 nitrogen and oxygen atoms in total. The fourth-order valence-electron chi connectivity index (χ4n) is 1.63. The molecule has 0 saturated heterocycles. The van der Waals surface area contributed by atoms with Crippen molar-refractivity contribution in [1.82, 2.24) is 15.1 Å². The molecular formula is C12H21N3O6. The molecule has 0 atom stereocenters. The fourth-order valence-corrected chi connectivity index (χ4v) is 1.63. The molecule has 4 N–H and O–H groups in total. The molecule has 1 amide bonds. The number of carboxylic acid groups (broad SMARTS) is 2. The number of carboxylic acids is 2. The molecule has 9 heteroatoms. The summed E-state index contributed by atoms with van der Waals surface area (Å²) in [7, 11) is 1.44. The van der Waals surface area contributed by atoms with Gasteiger partial charge in [0.1, 0.15) is 0 Å². The molecule has 0 unspecified atom stereocenters. The third-order valence-electron chi connectivity index (χ3n) is 2.50. The quantitative estimate of drug-likeness (QED) is 0.342. The van der Waals surface area contributed by atoms with Crippen molar-refractivity contribution in [3.05, 3.63) is 12.3 Å². The van der Waals surface area contributed by atoms with E-state index in [0.29, 0.717) is 0 Å². The number of nitrogens with one attached hydrogen (secondary N) is 1. The van der Waals surface area contributed by atoms with Crippen molar-refractivity contribution in [2.24, 2.45) is 0 Å². The standard InChI is InChI=1S/C12H21N3O6/c1-9(16)5-14(7-11(18)19)3-4-15(8-12(20)21)6-10(17)13-2/h16H,1,3-8H2,2H3,(H,13,17)(H,18,19)(H,20,21). The van der Waals surface area contributed by atoms with Crippen molar-refractivity contribution < 1.29 is 29.7 Å². The molecule has 0 heterocycles. The molecule has 21 heavy (non-hydrogen) atoms. The molecule has 0 aromatic heterocycles. The maximum absolute atomic E-state index is 11.3. The van der Waals surface area contributed by atoms with Gasteiger partial charge in [0.15, 0.2) is 0 Å². The van der Waals surface area contributed by atoms with Gasteiger partial charge in [0.05, 0.1) is 31.9 Å². The highest BCUT2D eigenvalue weighted by atomic mass is 16.4. The Morgan fingerprint density at radius 1 is 0.905 bits per heavy atom. The molecule has 0 fully saturated rings. The number of nitrogens with zero attached hydrogens (tertiary/aromatic N) is 2. The predicted octanol–water partition coefficient (Wildman–Crippen LogP) is -1.42. The van der Waals surface area contributed by atoms with Gasteiger partial charge in [-0.05, 0) is 0 Å². The maximum Gasteiger partial charge on any atom is 0.317 e. The first-order valence-corrected chi connectivity index (χ1v) is 6.20. The van der Waals surface area contributed by atoms with Gasteiger partial charge in [0.2, 0.25) is 5.91 Å². The second-order valence-corrected chi connectivity index (χ2v) is 4.45. The number of aliphatic carboxylic acids is 2. The van der Waals surface area contributed by atoms with Crippen LogP contribution in [0.2, 0.25) is 0 Å². The summed E-state index contributed by atoms with van der Waals surface area (Å²) in [5.41, 5.74) is 0. The second-order valence-electron chi connectivity index (χ2n) is 4.45. The largest absolute Gasteiger partial charge is 0.512 e. The molecule has 0 spiro atoms. The summed E-state index contributed by atoms with van der Waals surface area (Å²) in [6, 6.07) is 0. The zero-order valence-corrected chi connectivity index (χ0v) is 11.9. The monoisotopic (exact) mass is 303 g/mol. The molecular weight excluding hydrogens is 282 g/mol. The minimum absolute atomic E-state index is 0.0345. The van der Waals surface area contributed by atoms with E-state index < -0.39 is 11.9 Å². The van der Waals surface area contributed by atoms with Crippen LogP contribution >= 0.6 is 0 Å². The van der Waals surface area contributed by atoms with E-state index in [1.54, 1.807) is 0 Å². The number of hydrogen-bond donors (Lipinski definition) is 4. The first-order valence-electron chi connectivity index (χ1n) is 6.20. The Labute approximate surface area is 122 Å². The van der Waals surface area contributed by atoms with Crippen molar-refractivity contribution in [2.75, 3.05) is 46.3 Å². The number of amides is 1. The minimum atomic E-state index is -1.09.